The highest BCUT2D eigenvalue weighted by molar-refractivity contribution is 5.80. The van der Waals surface area contributed by atoms with Gasteiger partial charge < -0.3 is 20.1 Å². The lowest BCUT2D eigenvalue weighted by molar-refractivity contribution is -0.125. The average Bonchev–Trinajstić information content (AvgIpc) is 3.29. The highest BCUT2D eigenvalue weighted by Crippen LogP contribution is 2.29. The quantitative estimate of drug-likeness (QED) is 0.783. The fraction of sp³-hybridized carbons (Fsp3) is 0.474. The number of amides is 1. The van der Waals surface area contributed by atoms with Gasteiger partial charge in [-0.15, -0.1) is 0 Å². The number of nitrogens with zero attached hydrogens (tertiary/aromatic N) is 2. The van der Waals surface area contributed by atoms with Crippen molar-refractivity contribution in [1.82, 2.24) is 20.4 Å². The first kappa shape index (κ1) is 18.3. The van der Waals surface area contributed by atoms with Crippen LogP contribution in [0.2, 0.25) is 0 Å². The zero-order chi connectivity index (χ0) is 18.5. The number of rotatable bonds is 7. The summed E-state index contributed by atoms with van der Waals surface area (Å²) in [5.74, 6) is 1.50. The second-order valence-electron chi connectivity index (χ2n) is 6.45. The molecule has 0 radical (unpaired) electrons. The number of benzene rings is 1. The number of hydrogen-bond acceptors (Lipinski definition) is 5. The van der Waals surface area contributed by atoms with Crippen molar-refractivity contribution in [3.05, 3.63) is 41.7 Å². The maximum Gasteiger partial charge on any atom is 0.225 e. The van der Waals surface area contributed by atoms with Gasteiger partial charge in [0.25, 0.3) is 0 Å². The highest BCUT2D eigenvalue weighted by Gasteiger charge is 2.34. The average molecular weight is 358 g/mol. The summed E-state index contributed by atoms with van der Waals surface area (Å²) in [6.07, 6.45) is 3.82. The topological polar surface area (TPSA) is 77.4 Å². The van der Waals surface area contributed by atoms with E-state index in [1.165, 1.54) is 0 Å². The molecular formula is C19H26N4O3. The molecule has 1 saturated heterocycles. The second kappa shape index (κ2) is 8.23. The fourth-order valence-electron chi connectivity index (χ4n) is 3.35. The van der Waals surface area contributed by atoms with Crippen LogP contribution in [-0.4, -0.2) is 42.5 Å². The van der Waals surface area contributed by atoms with Gasteiger partial charge in [0, 0.05) is 38.8 Å². The van der Waals surface area contributed by atoms with Gasteiger partial charge >= 0.3 is 0 Å². The molecule has 1 fully saturated rings. The van der Waals surface area contributed by atoms with Gasteiger partial charge in [-0.2, -0.15) is 5.10 Å². The minimum atomic E-state index is -0.0937. The van der Waals surface area contributed by atoms with Gasteiger partial charge in [0.1, 0.15) is 0 Å². The molecular weight excluding hydrogens is 332 g/mol. The Kier molecular flexibility index (Phi) is 5.78. The number of ether oxygens (including phenoxy) is 2. The Morgan fingerprint density at radius 1 is 1.38 bits per heavy atom. The summed E-state index contributed by atoms with van der Waals surface area (Å²) in [6, 6.07) is 5.72. The number of hydrogen-bond donors (Lipinski definition) is 2. The van der Waals surface area contributed by atoms with Gasteiger partial charge in [0.05, 0.1) is 25.8 Å². The molecule has 2 atom stereocenters. The van der Waals surface area contributed by atoms with Crippen LogP contribution in [-0.2, 0) is 18.4 Å². The number of nitrogens with one attached hydrogen (secondary N) is 2. The highest BCUT2D eigenvalue weighted by atomic mass is 16.5. The monoisotopic (exact) mass is 358 g/mol. The Balaban J connectivity index is 1.63. The summed E-state index contributed by atoms with van der Waals surface area (Å²) in [5, 5.41) is 10.6. The molecule has 1 amide bonds. The van der Waals surface area contributed by atoms with Gasteiger partial charge in [-0.05, 0) is 30.2 Å². The van der Waals surface area contributed by atoms with E-state index >= 15 is 0 Å². The first-order valence-electron chi connectivity index (χ1n) is 8.89. The van der Waals surface area contributed by atoms with Crippen LogP contribution in [0.4, 0.5) is 0 Å². The molecule has 0 saturated carbocycles. The van der Waals surface area contributed by atoms with Crippen LogP contribution in [0.25, 0.3) is 0 Å². The van der Waals surface area contributed by atoms with Crippen molar-refractivity contribution in [3.63, 3.8) is 0 Å². The maximum atomic E-state index is 12.7. The van der Waals surface area contributed by atoms with Gasteiger partial charge in [0.2, 0.25) is 5.91 Å². The van der Waals surface area contributed by atoms with Crippen molar-refractivity contribution in [2.75, 3.05) is 26.8 Å². The first-order valence-corrected chi connectivity index (χ1v) is 8.89. The lowest BCUT2D eigenvalue weighted by atomic mass is 9.90. The normalized spacial score (nSPS) is 19.3. The molecule has 7 heteroatoms. The van der Waals surface area contributed by atoms with Crippen molar-refractivity contribution in [2.24, 2.45) is 13.0 Å². The van der Waals surface area contributed by atoms with E-state index in [-0.39, 0.29) is 17.7 Å². The Labute approximate surface area is 153 Å². The molecule has 2 heterocycles. The molecule has 0 aliphatic carbocycles. The summed E-state index contributed by atoms with van der Waals surface area (Å²) in [4.78, 5) is 12.7. The fourth-order valence-corrected chi connectivity index (χ4v) is 3.35. The lowest BCUT2D eigenvalue weighted by Gasteiger charge is -2.17. The van der Waals surface area contributed by atoms with Crippen molar-refractivity contribution >= 4 is 5.91 Å². The van der Waals surface area contributed by atoms with E-state index in [1.54, 1.807) is 11.8 Å². The number of aromatic nitrogens is 2. The minimum absolute atomic E-state index is 0.0525. The molecule has 1 aliphatic rings. The zero-order valence-corrected chi connectivity index (χ0v) is 15.5. The maximum absolute atomic E-state index is 12.7. The Morgan fingerprint density at radius 2 is 2.23 bits per heavy atom. The molecule has 0 unspecified atom stereocenters. The largest absolute Gasteiger partial charge is 0.493 e. The van der Waals surface area contributed by atoms with Crippen LogP contribution in [0.5, 0.6) is 11.5 Å². The number of carbonyl (C=O) groups excluding carboxylic acids is 1. The van der Waals surface area contributed by atoms with Crippen LogP contribution in [0, 0.1) is 5.92 Å². The van der Waals surface area contributed by atoms with Crippen LogP contribution in [0.3, 0.4) is 0 Å². The van der Waals surface area contributed by atoms with Gasteiger partial charge in [-0.25, -0.2) is 0 Å². The van der Waals surface area contributed by atoms with Crippen LogP contribution < -0.4 is 20.1 Å². The predicted molar refractivity (Wildman–Crippen MR) is 98.3 cm³/mol. The summed E-state index contributed by atoms with van der Waals surface area (Å²) < 4.78 is 12.7. The van der Waals surface area contributed by atoms with Gasteiger partial charge in [-0.1, -0.05) is 6.07 Å². The number of carbonyl (C=O) groups is 1. The smallest absolute Gasteiger partial charge is 0.225 e. The third-order valence-electron chi connectivity index (χ3n) is 4.70. The predicted octanol–water partition coefficient (Wildman–Crippen LogP) is 1.45. The third-order valence-corrected chi connectivity index (χ3v) is 4.70. The van der Waals surface area contributed by atoms with E-state index in [0.717, 1.165) is 17.7 Å². The molecule has 3 rings (SSSR count). The van der Waals surface area contributed by atoms with E-state index in [9.17, 15) is 4.79 Å². The van der Waals surface area contributed by atoms with E-state index < -0.39 is 0 Å². The van der Waals surface area contributed by atoms with Crippen molar-refractivity contribution in [1.29, 1.82) is 0 Å². The molecule has 2 aromatic rings. The van der Waals surface area contributed by atoms with E-state index in [2.05, 4.69) is 15.7 Å². The molecule has 1 aliphatic heterocycles. The molecule has 0 spiro atoms. The molecule has 7 nitrogen and oxygen atoms in total. The Bertz CT molecular complexity index is 759. The second-order valence-corrected chi connectivity index (χ2v) is 6.45. The summed E-state index contributed by atoms with van der Waals surface area (Å²) in [6.45, 7) is 4.44. The van der Waals surface area contributed by atoms with E-state index in [1.807, 2.05) is 44.6 Å². The van der Waals surface area contributed by atoms with Crippen LogP contribution >= 0.6 is 0 Å². The number of aryl methyl sites for hydroxylation is 1. The van der Waals surface area contributed by atoms with Gasteiger partial charge in [-0.3, -0.25) is 9.48 Å². The Hall–Kier alpha value is -2.54. The Morgan fingerprint density at radius 3 is 2.92 bits per heavy atom. The third kappa shape index (κ3) is 3.99. The molecule has 1 aromatic carbocycles. The summed E-state index contributed by atoms with van der Waals surface area (Å²) in [7, 11) is 3.50. The SMILES string of the molecule is CCOc1ccc(CNC(=O)[C@H]2CNC[C@@H]2c2cnn(C)c2)cc1OC. The minimum Gasteiger partial charge on any atom is -0.493 e. The molecule has 1 aromatic heterocycles. The van der Waals surface area contributed by atoms with Crippen molar-refractivity contribution < 1.29 is 14.3 Å². The number of methoxy groups -OCH3 is 1. The van der Waals surface area contributed by atoms with Crippen LogP contribution in [0.1, 0.15) is 24.0 Å². The molecule has 140 valence electrons. The first-order chi connectivity index (χ1) is 12.6. The van der Waals surface area contributed by atoms with Crippen LogP contribution in [0.15, 0.2) is 30.6 Å². The van der Waals surface area contributed by atoms with Crippen molar-refractivity contribution in [2.45, 2.75) is 19.4 Å². The zero-order valence-electron chi connectivity index (χ0n) is 15.5. The van der Waals surface area contributed by atoms with E-state index in [4.69, 9.17) is 9.47 Å². The van der Waals surface area contributed by atoms with Crippen molar-refractivity contribution in [3.8, 4) is 11.5 Å². The molecule has 0 bridgehead atoms. The summed E-state index contributed by atoms with van der Waals surface area (Å²) in [5.41, 5.74) is 2.07. The summed E-state index contributed by atoms with van der Waals surface area (Å²) >= 11 is 0. The molecule has 2 N–H and O–H groups in total. The van der Waals surface area contributed by atoms with Gasteiger partial charge in [0.15, 0.2) is 11.5 Å². The molecule has 26 heavy (non-hydrogen) atoms. The standard InChI is InChI=1S/C19H26N4O3/c1-4-26-17-6-5-13(7-18(17)25-3)8-21-19(24)16-11-20-10-15(16)14-9-22-23(2)12-14/h5-7,9,12,15-16,20H,4,8,10-11H2,1-3H3,(H,21,24)/t15-,16+/m1/s1. The lowest BCUT2D eigenvalue weighted by Crippen LogP contribution is -2.33. The van der Waals surface area contributed by atoms with E-state index in [0.29, 0.717) is 31.2 Å².